The Labute approximate surface area is 262 Å². The van der Waals surface area contributed by atoms with E-state index in [2.05, 4.69) is 21.2 Å². The van der Waals surface area contributed by atoms with Crippen LogP contribution >= 0.6 is 15.9 Å². The first-order valence-electron chi connectivity index (χ1n) is 14.2. The van der Waals surface area contributed by atoms with Gasteiger partial charge < -0.3 is 19.7 Å². The van der Waals surface area contributed by atoms with Crippen LogP contribution in [0.25, 0.3) is 0 Å². The molecule has 1 N–H and O–H groups in total. The van der Waals surface area contributed by atoms with Crippen LogP contribution in [-0.2, 0) is 32.6 Å². The summed E-state index contributed by atoms with van der Waals surface area (Å²) < 4.78 is 38.8. The third kappa shape index (κ3) is 8.73. The molecule has 3 aromatic rings. The highest BCUT2D eigenvalue weighted by molar-refractivity contribution is 9.10. The van der Waals surface area contributed by atoms with Crippen molar-refractivity contribution < 1.29 is 27.5 Å². The van der Waals surface area contributed by atoms with Gasteiger partial charge in [0.25, 0.3) is 0 Å². The van der Waals surface area contributed by atoms with E-state index in [1.807, 2.05) is 54.6 Å². The molecule has 3 aromatic carbocycles. The van der Waals surface area contributed by atoms with Crippen LogP contribution in [0.1, 0.15) is 36.8 Å². The first kappa shape index (κ1) is 32.3. The second-order valence-electron chi connectivity index (χ2n) is 10.7. The number of rotatable bonds is 13. The van der Waals surface area contributed by atoms with E-state index >= 15 is 0 Å². The highest BCUT2D eigenvalue weighted by atomic mass is 79.9. The predicted octanol–water partition coefficient (Wildman–Crippen LogP) is 4.93. The first-order valence-corrected chi connectivity index (χ1v) is 16.8. The fraction of sp³-hybridized carbons (Fsp3) is 0.375. The van der Waals surface area contributed by atoms with Gasteiger partial charge in [-0.15, -0.1) is 0 Å². The van der Waals surface area contributed by atoms with Crippen molar-refractivity contribution in [1.82, 2.24) is 10.2 Å². The molecule has 1 fully saturated rings. The molecular weight excluding hydrogens is 634 g/mol. The Morgan fingerprint density at radius 2 is 1.65 bits per heavy atom. The molecule has 0 aliphatic heterocycles. The summed E-state index contributed by atoms with van der Waals surface area (Å²) in [7, 11) is -1.03. The van der Waals surface area contributed by atoms with Gasteiger partial charge in [0, 0.05) is 29.5 Å². The maximum Gasteiger partial charge on any atom is 0.244 e. The molecule has 2 amide bonds. The highest BCUT2D eigenvalue weighted by Gasteiger charge is 2.35. The summed E-state index contributed by atoms with van der Waals surface area (Å²) >= 11 is 3.50. The van der Waals surface area contributed by atoms with Gasteiger partial charge >= 0.3 is 0 Å². The number of methoxy groups -OCH3 is 2. The zero-order chi connectivity index (χ0) is 31.0. The summed E-state index contributed by atoms with van der Waals surface area (Å²) in [5.74, 6) is -0.0723. The molecular formula is C32H38BrN3O6S. The fourth-order valence-electron chi connectivity index (χ4n) is 5.34. The fourth-order valence-corrected chi connectivity index (χ4v) is 6.64. The average molecular weight is 673 g/mol. The molecule has 0 spiro atoms. The topological polar surface area (TPSA) is 105 Å². The number of hydrogen-bond acceptors (Lipinski definition) is 6. The summed E-state index contributed by atoms with van der Waals surface area (Å²) in [6.45, 7) is -0.428. The normalized spacial score (nSPS) is 14.1. The zero-order valence-corrected chi connectivity index (χ0v) is 27.1. The predicted molar refractivity (Wildman–Crippen MR) is 171 cm³/mol. The minimum Gasteiger partial charge on any atom is -0.497 e. The van der Waals surface area contributed by atoms with Gasteiger partial charge in [0.2, 0.25) is 21.8 Å². The molecule has 0 saturated heterocycles. The minimum absolute atomic E-state index is 0.0460. The van der Waals surface area contributed by atoms with Crippen LogP contribution in [-0.4, -0.2) is 64.2 Å². The van der Waals surface area contributed by atoms with Gasteiger partial charge in [-0.05, 0) is 48.2 Å². The largest absolute Gasteiger partial charge is 0.497 e. The second-order valence-corrected chi connectivity index (χ2v) is 13.5. The van der Waals surface area contributed by atoms with Gasteiger partial charge in [-0.25, -0.2) is 8.42 Å². The smallest absolute Gasteiger partial charge is 0.244 e. The van der Waals surface area contributed by atoms with E-state index in [-0.39, 0.29) is 36.4 Å². The molecule has 1 saturated carbocycles. The van der Waals surface area contributed by atoms with Crippen LogP contribution in [0, 0.1) is 0 Å². The lowest BCUT2D eigenvalue weighted by Crippen LogP contribution is -2.54. The molecule has 0 aromatic heterocycles. The van der Waals surface area contributed by atoms with E-state index in [9.17, 15) is 18.0 Å². The van der Waals surface area contributed by atoms with E-state index in [4.69, 9.17) is 9.47 Å². The van der Waals surface area contributed by atoms with Crippen molar-refractivity contribution in [2.45, 2.75) is 50.7 Å². The number of halogens is 1. The van der Waals surface area contributed by atoms with Crippen LogP contribution in [0.4, 0.5) is 5.69 Å². The Morgan fingerprint density at radius 1 is 0.953 bits per heavy atom. The van der Waals surface area contributed by atoms with Crippen molar-refractivity contribution in [3.8, 4) is 11.5 Å². The third-order valence-corrected chi connectivity index (χ3v) is 9.17. The number of ether oxygens (including phenoxy) is 2. The van der Waals surface area contributed by atoms with Crippen LogP contribution in [0.2, 0.25) is 0 Å². The van der Waals surface area contributed by atoms with E-state index in [0.717, 1.165) is 51.8 Å². The Kier molecular flexibility index (Phi) is 11.1. The summed E-state index contributed by atoms with van der Waals surface area (Å²) in [4.78, 5) is 29.8. The number of amides is 2. The molecule has 1 atom stereocenters. The Bertz CT molecular complexity index is 1510. The number of nitrogens with one attached hydrogen (secondary N) is 1. The first-order chi connectivity index (χ1) is 20.6. The number of carbonyl (C=O) groups is 2. The number of nitrogens with zero attached hydrogens (tertiary/aromatic N) is 2. The quantitative estimate of drug-likeness (QED) is 0.276. The van der Waals surface area contributed by atoms with Gasteiger partial charge in [0.1, 0.15) is 24.1 Å². The van der Waals surface area contributed by atoms with Crippen molar-refractivity contribution in [2.24, 2.45) is 0 Å². The van der Waals surface area contributed by atoms with Crippen molar-refractivity contribution in [3.05, 3.63) is 88.4 Å². The van der Waals surface area contributed by atoms with Crippen LogP contribution in [0.3, 0.4) is 0 Å². The van der Waals surface area contributed by atoms with E-state index in [1.165, 1.54) is 19.1 Å². The molecule has 0 unspecified atom stereocenters. The van der Waals surface area contributed by atoms with Gasteiger partial charge in [-0.3, -0.25) is 13.9 Å². The summed E-state index contributed by atoms with van der Waals surface area (Å²) in [6, 6.07) is 20.9. The Balaban J connectivity index is 1.75. The second kappa shape index (κ2) is 14.7. The van der Waals surface area contributed by atoms with Gasteiger partial charge in [0.15, 0.2) is 0 Å². The maximum atomic E-state index is 14.3. The number of carbonyl (C=O) groups excluding carboxylic acids is 2. The molecule has 0 bridgehead atoms. The van der Waals surface area contributed by atoms with Crippen molar-refractivity contribution in [2.75, 3.05) is 31.3 Å². The van der Waals surface area contributed by atoms with Gasteiger partial charge in [-0.1, -0.05) is 71.2 Å². The number of benzene rings is 3. The number of sulfonamides is 1. The molecule has 1 aliphatic rings. The monoisotopic (exact) mass is 671 g/mol. The van der Waals surface area contributed by atoms with Gasteiger partial charge in [-0.2, -0.15) is 0 Å². The number of hydrogen-bond donors (Lipinski definition) is 1. The third-order valence-electron chi connectivity index (χ3n) is 7.55. The standard InChI is InChI=1S/C32H38BrN3O6S/c1-41-27-16-17-28(30(20-27)42-2)36(43(3,39)40)22-31(37)35(21-24-12-9-13-25(33)18-24)29(19-23-10-5-4-6-11-23)32(38)34-26-14-7-8-15-26/h4-6,9-13,16-18,20,26,29H,7-8,14-15,19,21-22H2,1-3H3,(H,34,38)/t29-/m1/s1. The van der Waals surface area contributed by atoms with Crippen LogP contribution < -0.4 is 19.1 Å². The summed E-state index contributed by atoms with van der Waals surface area (Å²) in [5, 5.41) is 3.17. The lowest BCUT2D eigenvalue weighted by atomic mass is 10.0. The molecule has 230 valence electrons. The lowest BCUT2D eigenvalue weighted by molar-refractivity contribution is -0.140. The highest BCUT2D eigenvalue weighted by Crippen LogP contribution is 2.34. The Morgan fingerprint density at radius 3 is 2.28 bits per heavy atom. The van der Waals surface area contributed by atoms with E-state index in [1.54, 1.807) is 18.2 Å². The van der Waals surface area contributed by atoms with E-state index in [0.29, 0.717) is 5.75 Å². The maximum absolute atomic E-state index is 14.3. The van der Waals surface area contributed by atoms with Gasteiger partial charge in [0.05, 0.1) is 26.2 Å². The molecule has 11 heteroatoms. The minimum atomic E-state index is -3.94. The number of anilines is 1. The van der Waals surface area contributed by atoms with Crippen molar-refractivity contribution in [1.29, 1.82) is 0 Å². The molecule has 0 heterocycles. The zero-order valence-electron chi connectivity index (χ0n) is 24.7. The molecule has 43 heavy (non-hydrogen) atoms. The SMILES string of the molecule is COc1ccc(N(CC(=O)N(Cc2cccc(Br)c2)[C@H](Cc2ccccc2)C(=O)NC2CCCC2)S(C)(=O)=O)c(OC)c1. The summed E-state index contributed by atoms with van der Waals surface area (Å²) in [5.41, 5.74) is 1.87. The van der Waals surface area contributed by atoms with Crippen LogP contribution in [0.15, 0.2) is 77.3 Å². The summed E-state index contributed by atoms with van der Waals surface area (Å²) in [6.07, 6.45) is 5.18. The molecule has 4 rings (SSSR count). The average Bonchev–Trinajstić information content (AvgIpc) is 3.50. The lowest BCUT2D eigenvalue weighted by Gasteiger charge is -2.34. The molecule has 9 nitrogen and oxygen atoms in total. The Hall–Kier alpha value is -3.57. The van der Waals surface area contributed by atoms with Crippen LogP contribution in [0.5, 0.6) is 11.5 Å². The van der Waals surface area contributed by atoms with Crippen molar-refractivity contribution >= 4 is 43.5 Å². The van der Waals surface area contributed by atoms with E-state index < -0.39 is 28.5 Å². The molecule has 1 aliphatic carbocycles. The van der Waals surface area contributed by atoms with Crippen molar-refractivity contribution in [3.63, 3.8) is 0 Å². The molecule has 0 radical (unpaired) electrons.